The molecule has 0 heterocycles. The molecule has 1 unspecified atom stereocenters. The van der Waals surface area contributed by atoms with Crippen LogP contribution in [-0.4, -0.2) is 26.8 Å². The Balaban J connectivity index is 2.52. The van der Waals surface area contributed by atoms with E-state index in [9.17, 15) is 8.42 Å². The third-order valence-electron chi connectivity index (χ3n) is 2.39. The monoisotopic (exact) mass is 248 g/mol. The van der Waals surface area contributed by atoms with Crippen LogP contribution in [-0.2, 0) is 10.2 Å². The topological polar surface area (TPSA) is 108 Å². The summed E-state index contributed by atoms with van der Waals surface area (Å²) in [7, 11) is -3.55. The molecule has 1 rings (SSSR count). The summed E-state index contributed by atoms with van der Waals surface area (Å²) in [6, 6.07) is -0.551. The first-order valence-electron chi connectivity index (χ1n) is 5.42. The summed E-state index contributed by atoms with van der Waals surface area (Å²) in [5, 5.41) is 7.34. The second kappa shape index (κ2) is 5.11. The SMILES string of the molecule is CC(C)CNS(=O)(=O)NC(C(=N)N)C1CC1. The number of nitrogens with one attached hydrogen (secondary N) is 3. The Morgan fingerprint density at radius 2 is 2.06 bits per heavy atom. The van der Waals surface area contributed by atoms with Crippen LogP contribution in [0.25, 0.3) is 0 Å². The van der Waals surface area contributed by atoms with Gasteiger partial charge in [0.1, 0.15) is 5.84 Å². The van der Waals surface area contributed by atoms with Crippen LogP contribution in [0.3, 0.4) is 0 Å². The Labute approximate surface area is 96.7 Å². The van der Waals surface area contributed by atoms with E-state index in [0.29, 0.717) is 6.54 Å². The lowest BCUT2D eigenvalue weighted by Gasteiger charge is -2.17. The maximum Gasteiger partial charge on any atom is 0.277 e. The average Bonchev–Trinajstić information content (AvgIpc) is 2.94. The van der Waals surface area contributed by atoms with Crippen molar-refractivity contribution in [2.45, 2.75) is 32.7 Å². The molecule has 1 fully saturated rings. The molecule has 1 saturated carbocycles. The molecule has 1 atom stereocenters. The molecule has 0 radical (unpaired) electrons. The normalized spacial score (nSPS) is 18.7. The minimum Gasteiger partial charge on any atom is -0.386 e. The van der Waals surface area contributed by atoms with Crippen LogP contribution in [0.5, 0.6) is 0 Å². The predicted octanol–water partition coefficient (Wildman–Crippen LogP) is -0.219. The smallest absolute Gasteiger partial charge is 0.277 e. The number of amidine groups is 1. The Bertz CT molecular complexity index is 349. The maximum absolute atomic E-state index is 11.6. The van der Waals surface area contributed by atoms with E-state index >= 15 is 0 Å². The van der Waals surface area contributed by atoms with Gasteiger partial charge in [-0.3, -0.25) is 5.41 Å². The molecule has 16 heavy (non-hydrogen) atoms. The number of hydrogen-bond donors (Lipinski definition) is 4. The first-order valence-corrected chi connectivity index (χ1v) is 6.91. The Hall–Kier alpha value is -0.660. The van der Waals surface area contributed by atoms with Gasteiger partial charge in [-0.25, -0.2) is 4.72 Å². The van der Waals surface area contributed by atoms with Crippen molar-refractivity contribution in [3.05, 3.63) is 0 Å². The van der Waals surface area contributed by atoms with E-state index in [2.05, 4.69) is 9.44 Å². The van der Waals surface area contributed by atoms with E-state index in [1.54, 1.807) is 0 Å². The van der Waals surface area contributed by atoms with E-state index in [-0.39, 0.29) is 17.7 Å². The summed E-state index contributed by atoms with van der Waals surface area (Å²) in [5.41, 5.74) is 5.37. The molecule has 0 aromatic heterocycles. The van der Waals surface area contributed by atoms with Crippen LogP contribution in [0.4, 0.5) is 0 Å². The lowest BCUT2D eigenvalue weighted by Crippen LogP contribution is -2.50. The quantitative estimate of drug-likeness (QED) is 0.369. The summed E-state index contributed by atoms with van der Waals surface area (Å²) in [4.78, 5) is 0. The minimum absolute atomic E-state index is 0.113. The summed E-state index contributed by atoms with van der Waals surface area (Å²) in [6.45, 7) is 4.22. The highest BCUT2D eigenvalue weighted by Crippen LogP contribution is 2.32. The first kappa shape index (κ1) is 13.4. The zero-order valence-corrected chi connectivity index (χ0v) is 10.5. The van der Waals surface area contributed by atoms with Gasteiger partial charge in [0, 0.05) is 6.54 Å². The van der Waals surface area contributed by atoms with Crippen molar-refractivity contribution in [2.24, 2.45) is 17.6 Å². The standard InChI is InChI=1S/C9H20N4O2S/c1-6(2)5-12-16(14,15)13-8(9(10)11)7-3-4-7/h6-8,12-13H,3-5H2,1-2H3,(H3,10,11). The Kier molecular flexibility index (Phi) is 4.28. The van der Waals surface area contributed by atoms with E-state index in [1.165, 1.54) is 0 Å². The Morgan fingerprint density at radius 3 is 2.44 bits per heavy atom. The van der Waals surface area contributed by atoms with Gasteiger partial charge in [-0.2, -0.15) is 13.1 Å². The third-order valence-corrected chi connectivity index (χ3v) is 3.50. The van der Waals surface area contributed by atoms with Gasteiger partial charge in [-0.15, -0.1) is 0 Å². The van der Waals surface area contributed by atoms with Gasteiger partial charge in [0.2, 0.25) is 0 Å². The summed E-state index contributed by atoms with van der Waals surface area (Å²) in [6.07, 6.45) is 1.86. The molecule has 5 N–H and O–H groups in total. The molecule has 0 aromatic rings. The molecule has 7 heteroatoms. The largest absolute Gasteiger partial charge is 0.386 e. The molecule has 1 aliphatic rings. The second-order valence-electron chi connectivity index (χ2n) is 4.63. The molecule has 0 bridgehead atoms. The van der Waals surface area contributed by atoms with Crippen molar-refractivity contribution in [3.63, 3.8) is 0 Å². The summed E-state index contributed by atoms with van der Waals surface area (Å²) < 4.78 is 28.1. The third kappa shape index (κ3) is 4.46. The zero-order valence-electron chi connectivity index (χ0n) is 9.66. The van der Waals surface area contributed by atoms with Crippen molar-refractivity contribution in [3.8, 4) is 0 Å². The van der Waals surface area contributed by atoms with Crippen molar-refractivity contribution >= 4 is 16.0 Å². The molecular formula is C9H20N4O2S. The van der Waals surface area contributed by atoms with E-state index in [1.807, 2.05) is 13.8 Å². The fourth-order valence-electron chi connectivity index (χ4n) is 1.33. The van der Waals surface area contributed by atoms with Gasteiger partial charge in [0.15, 0.2) is 0 Å². The van der Waals surface area contributed by atoms with Gasteiger partial charge in [0.05, 0.1) is 6.04 Å². The van der Waals surface area contributed by atoms with E-state index < -0.39 is 16.3 Å². The maximum atomic E-state index is 11.6. The van der Waals surface area contributed by atoms with Gasteiger partial charge in [0.25, 0.3) is 10.2 Å². The van der Waals surface area contributed by atoms with Gasteiger partial charge < -0.3 is 5.73 Å². The molecule has 0 aliphatic heterocycles. The second-order valence-corrected chi connectivity index (χ2v) is 6.17. The summed E-state index contributed by atoms with van der Waals surface area (Å²) in [5.74, 6) is 0.318. The van der Waals surface area contributed by atoms with Gasteiger partial charge in [-0.05, 0) is 24.7 Å². The van der Waals surface area contributed by atoms with Crippen LogP contribution in [0.15, 0.2) is 0 Å². The van der Waals surface area contributed by atoms with Gasteiger partial charge in [-0.1, -0.05) is 13.8 Å². The van der Waals surface area contributed by atoms with E-state index in [0.717, 1.165) is 12.8 Å². The number of hydrogen-bond acceptors (Lipinski definition) is 3. The highest BCUT2D eigenvalue weighted by Gasteiger charge is 2.35. The van der Waals surface area contributed by atoms with Crippen LogP contribution in [0.2, 0.25) is 0 Å². The highest BCUT2D eigenvalue weighted by molar-refractivity contribution is 7.87. The fraction of sp³-hybridized carbons (Fsp3) is 0.889. The molecule has 1 aliphatic carbocycles. The molecule has 6 nitrogen and oxygen atoms in total. The van der Waals surface area contributed by atoms with E-state index in [4.69, 9.17) is 11.1 Å². The van der Waals surface area contributed by atoms with Gasteiger partial charge >= 0.3 is 0 Å². The molecule has 0 aromatic carbocycles. The first-order chi connectivity index (χ1) is 7.32. The molecule has 94 valence electrons. The number of nitrogens with two attached hydrogens (primary N) is 1. The lowest BCUT2D eigenvalue weighted by molar-refractivity contribution is 0.534. The molecular weight excluding hydrogens is 228 g/mol. The highest BCUT2D eigenvalue weighted by atomic mass is 32.2. The predicted molar refractivity (Wildman–Crippen MR) is 63.3 cm³/mol. The van der Waals surface area contributed by atoms with Crippen LogP contribution >= 0.6 is 0 Å². The zero-order chi connectivity index (χ0) is 12.3. The Morgan fingerprint density at radius 1 is 1.50 bits per heavy atom. The van der Waals surface area contributed by atoms with Crippen molar-refractivity contribution in [2.75, 3.05) is 6.54 Å². The van der Waals surface area contributed by atoms with Crippen molar-refractivity contribution in [1.82, 2.24) is 9.44 Å². The summed E-state index contributed by atoms with van der Waals surface area (Å²) >= 11 is 0. The number of rotatable bonds is 7. The van der Waals surface area contributed by atoms with Crippen LogP contribution in [0, 0.1) is 17.2 Å². The minimum atomic E-state index is -3.55. The molecule has 0 amide bonds. The molecule has 0 spiro atoms. The van der Waals surface area contributed by atoms with Crippen LogP contribution < -0.4 is 15.2 Å². The molecule has 0 saturated heterocycles. The lowest BCUT2D eigenvalue weighted by atomic mass is 10.2. The fourth-order valence-corrected chi connectivity index (χ4v) is 2.62. The van der Waals surface area contributed by atoms with Crippen molar-refractivity contribution < 1.29 is 8.42 Å². The van der Waals surface area contributed by atoms with Crippen LogP contribution in [0.1, 0.15) is 26.7 Å². The van der Waals surface area contributed by atoms with Crippen molar-refractivity contribution in [1.29, 1.82) is 5.41 Å². The average molecular weight is 248 g/mol.